The number of amides is 1. The summed E-state index contributed by atoms with van der Waals surface area (Å²) in [7, 11) is 0. The number of hydrogen-bond acceptors (Lipinski definition) is 5. The standard InChI is InChI=1S/C25H32N4OS/c1-16(2)26-21-11-13-29(14-12-21)18(4)24(30)27-20-8-6-19(7-9-20)25-28-22-10-5-17(3)15-23(22)31-25/h5-10,15-16,18,21,26H,11-14H2,1-4H3,(H,27,30). The molecule has 5 nitrogen and oxygen atoms in total. The highest BCUT2D eigenvalue weighted by atomic mass is 32.1. The molecule has 2 heterocycles. The number of benzene rings is 2. The van der Waals surface area contributed by atoms with Gasteiger partial charge in [0, 0.05) is 36.4 Å². The molecule has 3 aromatic rings. The number of hydrogen-bond donors (Lipinski definition) is 2. The van der Waals surface area contributed by atoms with Crippen molar-refractivity contribution in [3.63, 3.8) is 0 Å². The summed E-state index contributed by atoms with van der Waals surface area (Å²) < 4.78 is 1.20. The molecule has 0 saturated carbocycles. The summed E-state index contributed by atoms with van der Waals surface area (Å²) in [5.74, 6) is 0.0541. The Labute approximate surface area is 188 Å². The number of nitrogens with zero attached hydrogens (tertiary/aromatic N) is 2. The lowest BCUT2D eigenvalue weighted by Gasteiger charge is -2.36. The molecule has 1 aliphatic heterocycles. The molecule has 31 heavy (non-hydrogen) atoms. The van der Waals surface area contributed by atoms with Gasteiger partial charge in [0.15, 0.2) is 0 Å². The van der Waals surface area contributed by atoms with E-state index in [-0.39, 0.29) is 11.9 Å². The zero-order chi connectivity index (χ0) is 22.0. The molecule has 6 heteroatoms. The van der Waals surface area contributed by atoms with Crippen LogP contribution in [0.25, 0.3) is 20.8 Å². The van der Waals surface area contributed by atoms with E-state index < -0.39 is 0 Å². The minimum atomic E-state index is -0.132. The second-order valence-electron chi connectivity index (χ2n) is 8.86. The molecular weight excluding hydrogens is 404 g/mol. The Morgan fingerprint density at radius 2 is 1.81 bits per heavy atom. The van der Waals surface area contributed by atoms with Gasteiger partial charge in [-0.1, -0.05) is 19.9 Å². The van der Waals surface area contributed by atoms with Gasteiger partial charge in [-0.3, -0.25) is 9.69 Å². The van der Waals surface area contributed by atoms with Crippen LogP contribution in [0.2, 0.25) is 0 Å². The van der Waals surface area contributed by atoms with E-state index in [0.717, 1.165) is 47.7 Å². The normalized spacial score (nSPS) is 16.7. The van der Waals surface area contributed by atoms with Crippen LogP contribution in [0, 0.1) is 6.92 Å². The average Bonchev–Trinajstić information content (AvgIpc) is 3.17. The number of carbonyl (C=O) groups excluding carboxylic acids is 1. The van der Waals surface area contributed by atoms with E-state index in [1.807, 2.05) is 31.2 Å². The van der Waals surface area contributed by atoms with Crippen LogP contribution in [0.15, 0.2) is 42.5 Å². The lowest BCUT2D eigenvalue weighted by atomic mass is 10.0. The molecule has 1 aromatic heterocycles. The average molecular weight is 437 g/mol. The molecule has 2 aromatic carbocycles. The quantitative estimate of drug-likeness (QED) is 0.567. The largest absolute Gasteiger partial charge is 0.325 e. The van der Waals surface area contributed by atoms with Crippen molar-refractivity contribution in [2.45, 2.75) is 58.7 Å². The number of rotatable bonds is 6. The van der Waals surface area contributed by atoms with E-state index in [1.54, 1.807) is 11.3 Å². The SMILES string of the molecule is Cc1ccc2nc(-c3ccc(NC(=O)C(C)N4CCC(NC(C)C)CC4)cc3)sc2c1. The van der Waals surface area contributed by atoms with Gasteiger partial charge in [-0.15, -0.1) is 11.3 Å². The van der Waals surface area contributed by atoms with E-state index in [9.17, 15) is 4.79 Å². The number of aryl methyl sites for hydroxylation is 1. The predicted octanol–water partition coefficient (Wildman–Crippen LogP) is 5.06. The molecule has 0 aliphatic carbocycles. The molecule has 1 amide bonds. The third-order valence-electron chi connectivity index (χ3n) is 5.97. The van der Waals surface area contributed by atoms with E-state index in [1.165, 1.54) is 10.3 Å². The fraction of sp³-hybridized carbons (Fsp3) is 0.440. The molecule has 1 atom stereocenters. The maximum Gasteiger partial charge on any atom is 0.241 e. The Bertz CT molecular complexity index is 1040. The number of carbonyl (C=O) groups is 1. The summed E-state index contributed by atoms with van der Waals surface area (Å²) in [5.41, 5.74) is 4.18. The van der Waals surface area contributed by atoms with Gasteiger partial charge in [0.25, 0.3) is 0 Å². The van der Waals surface area contributed by atoms with Crippen LogP contribution >= 0.6 is 11.3 Å². The van der Waals surface area contributed by atoms with Crippen molar-refractivity contribution < 1.29 is 4.79 Å². The first kappa shape index (κ1) is 21.9. The van der Waals surface area contributed by atoms with E-state index >= 15 is 0 Å². The number of fused-ring (bicyclic) bond motifs is 1. The topological polar surface area (TPSA) is 57.3 Å². The molecule has 0 spiro atoms. The summed E-state index contributed by atoms with van der Waals surface area (Å²) in [6, 6.07) is 15.3. The lowest BCUT2D eigenvalue weighted by molar-refractivity contribution is -0.121. The summed E-state index contributed by atoms with van der Waals surface area (Å²) in [6.07, 6.45) is 2.18. The van der Waals surface area contributed by atoms with Gasteiger partial charge in [0.1, 0.15) is 5.01 Å². The zero-order valence-corrected chi connectivity index (χ0v) is 19.6. The van der Waals surface area contributed by atoms with Crippen LogP contribution in [0.3, 0.4) is 0 Å². The first-order valence-electron chi connectivity index (χ1n) is 11.2. The van der Waals surface area contributed by atoms with Crippen LogP contribution in [0.4, 0.5) is 5.69 Å². The van der Waals surface area contributed by atoms with E-state index in [4.69, 9.17) is 4.98 Å². The minimum Gasteiger partial charge on any atom is -0.325 e. The van der Waals surface area contributed by atoms with E-state index in [0.29, 0.717) is 12.1 Å². The van der Waals surface area contributed by atoms with Crippen molar-refractivity contribution in [3.8, 4) is 10.6 Å². The molecule has 2 N–H and O–H groups in total. The number of aromatic nitrogens is 1. The van der Waals surface area contributed by atoms with Crippen LogP contribution in [0.5, 0.6) is 0 Å². The van der Waals surface area contributed by atoms with E-state index in [2.05, 4.69) is 54.5 Å². The van der Waals surface area contributed by atoms with Gasteiger partial charge >= 0.3 is 0 Å². The fourth-order valence-electron chi connectivity index (χ4n) is 4.19. The Balaban J connectivity index is 1.35. The van der Waals surface area contributed by atoms with Gasteiger partial charge in [-0.25, -0.2) is 4.98 Å². The molecule has 0 bridgehead atoms. The third kappa shape index (κ3) is 5.32. The van der Waals surface area contributed by atoms with Crippen LogP contribution in [-0.2, 0) is 4.79 Å². The second-order valence-corrected chi connectivity index (χ2v) is 9.90. The van der Waals surface area contributed by atoms with Crippen molar-refractivity contribution in [2.24, 2.45) is 0 Å². The summed E-state index contributed by atoms with van der Waals surface area (Å²) >= 11 is 1.70. The van der Waals surface area contributed by atoms with Crippen molar-refractivity contribution in [3.05, 3.63) is 48.0 Å². The summed E-state index contributed by atoms with van der Waals surface area (Å²) in [5, 5.41) is 7.69. The van der Waals surface area contributed by atoms with Crippen LogP contribution in [-0.4, -0.2) is 47.0 Å². The fourth-order valence-corrected chi connectivity index (χ4v) is 5.26. The highest BCUT2D eigenvalue weighted by Crippen LogP contribution is 2.31. The number of piperidine rings is 1. The molecule has 1 aliphatic rings. The van der Waals surface area contributed by atoms with Crippen molar-refractivity contribution in [1.29, 1.82) is 0 Å². The monoisotopic (exact) mass is 436 g/mol. The van der Waals surface area contributed by atoms with Crippen LogP contribution < -0.4 is 10.6 Å². The maximum absolute atomic E-state index is 12.8. The zero-order valence-electron chi connectivity index (χ0n) is 18.8. The molecule has 0 radical (unpaired) electrons. The van der Waals surface area contributed by atoms with Crippen molar-refractivity contribution in [2.75, 3.05) is 18.4 Å². The molecule has 1 saturated heterocycles. The number of nitrogens with one attached hydrogen (secondary N) is 2. The van der Waals surface area contributed by atoms with Crippen LogP contribution in [0.1, 0.15) is 39.2 Å². The molecule has 164 valence electrons. The maximum atomic E-state index is 12.8. The van der Waals surface area contributed by atoms with Crippen molar-refractivity contribution in [1.82, 2.24) is 15.2 Å². The van der Waals surface area contributed by atoms with Gasteiger partial charge in [0.2, 0.25) is 5.91 Å². The minimum absolute atomic E-state index is 0.0541. The highest BCUT2D eigenvalue weighted by Gasteiger charge is 2.26. The van der Waals surface area contributed by atoms with Gasteiger partial charge in [0.05, 0.1) is 16.3 Å². The Hall–Kier alpha value is -2.28. The summed E-state index contributed by atoms with van der Waals surface area (Å²) in [4.78, 5) is 19.8. The Morgan fingerprint density at radius 3 is 2.48 bits per heavy atom. The smallest absolute Gasteiger partial charge is 0.241 e. The van der Waals surface area contributed by atoms with Gasteiger partial charge < -0.3 is 10.6 Å². The first-order chi connectivity index (χ1) is 14.9. The summed E-state index contributed by atoms with van der Waals surface area (Å²) in [6.45, 7) is 10.4. The number of likely N-dealkylation sites (tertiary alicyclic amines) is 1. The molecular formula is C25H32N4OS. The van der Waals surface area contributed by atoms with Gasteiger partial charge in [-0.05, 0) is 68.7 Å². The molecule has 4 rings (SSSR count). The predicted molar refractivity (Wildman–Crippen MR) is 131 cm³/mol. The molecule has 1 unspecified atom stereocenters. The molecule has 1 fully saturated rings. The Kier molecular flexibility index (Phi) is 6.70. The first-order valence-corrected chi connectivity index (χ1v) is 12.0. The van der Waals surface area contributed by atoms with Gasteiger partial charge in [-0.2, -0.15) is 0 Å². The number of thiazole rings is 1. The van der Waals surface area contributed by atoms with Crippen molar-refractivity contribution >= 4 is 33.1 Å². The second kappa shape index (κ2) is 9.47. The Morgan fingerprint density at radius 1 is 1.10 bits per heavy atom. The lowest BCUT2D eigenvalue weighted by Crippen LogP contribution is -2.50. The third-order valence-corrected chi connectivity index (χ3v) is 7.04. The highest BCUT2D eigenvalue weighted by molar-refractivity contribution is 7.21. The number of anilines is 1.